The van der Waals surface area contributed by atoms with Crippen molar-refractivity contribution in [3.05, 3.63) is 18.2 Å². The summed E-state index contributed by atoms with van der Waals surface area (Å²) in [7, 11) is 0. The van der Waals surface area contributed by atoms with Crippen LogP contribution in [-0.4, -0.2) is 21.4 Å². The van der Waals surface area contributed by atoms with Gasteiger partial charge in [-0.1, -0.05) is 0 Å². The summed E-state index contributed by atoms with van der Waals surface area (Å²) in [6, 6.07) is 0. The molecule has 0 atom stereocenters. The van der Waals surface area contributed by atoms with Crippen LogP contribution in [-0.2, 0) is 5.92 Å². The second-order valence-electron chi connectivity index (χ2n) is 1.98. The van der Waals surface area contributed by atoms with Crippen molar-refractivity contribution in [3.8, 4) is 0 Å². The monoisotopic (exact) mass is 198 g/mol. The lowest BCUT2D eigenvalue weighted by atomic mass is 10.3. The number of nitrogens with zero attached hydrogens (tertiary/aromatic N) is 3. The molecule has 71 valence electrons. The average Bonchev–Trinajstić information content (AvgIpc) is 2.04. The molecule has 0 aromatic carbocycles. The van der Waals surface area contributed by atoms with Gasteiger partial charge in [0.1, 0.15) is 6.20 Å². The fourth-order valence-corrected chi connectivity index (χ4v) is 0.489. The molecule has 0 saturated carbocycles. The fourth-order valence-electron chi connectivity index (χ4n) is 0.489. The molecule has 0 aliphatic carbocycles. The third kappa shape index (κ3) is 1.70. The first-order valence-corrected chi connectivity index (χ1v) is 2.86. The van der Waals surface area contributed by atoms with Gasteiger partial charge in [0.15, 0.2) is 0 Å². The lowest BCUT2D eigenvalue weighted by Crippen LogP contribution is -2.35. The topological polar surface area (TPSA) is 38.7 Å². The van der Waals surface area contributed by atoms with Gasteiger partial charge in [0.2, 0.25) is 5.82 Å². The first kappa shape index (κ1) is 9.75. The van der Waals surface area contributed by atoms with Gasteiger partial charge < -0.3 is 0 Å². The summed E-state index contributed by atoms with van der Waals surface area (Å²) in [4.78, 5) is 2.72. The van der Waals surface area contributed by atoms with Crippen LogP contribution in [0.3, 0.4) is 0 Å². The molecule has 13 heavy (non-hydrogen) atoms. The van der Waals surface area contributed by atoms with Crippen LogP contribution in [0.2, 0.25) is 0 Å². The number of aromatic nitrogens is 3. The van der Waals surface area contributed by atoms with Crippen molar-refractivity contribution in [2.75, 3.05) is 0 Å². The van der Waals surface area contributed by atoms with Gasteiger partial charge in [0, 0.05) is 0 Å². The summed E-state index contributed by atoms with van der Waals surface area (Å²) in [6.45, 7) is 0. The van der Waals surface area contributed by atoms with Crippen LogP contribution in [0.1, 0.15) is 5.82 Å². The van der Waals surface area contributed by atoms with Crippen molar-refractivity contribution in [2.24, 2.45) is 0 Å². The van der Waals surface area contributed by atoms with Crippen molar-refractivity contribution >= 4 is 0 Å². The number of rotatable bonds is 1. The highest BCUT2D eigenvalue weighted by Gasteiger charge is 2.61. The number of hydrogen-bond acceptors (Lipinski definition) is 3. The van der Waals surface area contributed by atoms with Crippen LogP contribution in [0, 0.1) is 6.20 Å². The SMILES string of the molecule is FC(F)(F)C(F)(F)c1nc[c]nn1. The zero-order valence-corrected chi connectivity index (χ0v) is 5.81. The predicted molar refractivity (Wildman–Crippen MR) is 28.6 cm³/mol. The standard InChI is InChI=1S/C5HF5N3/c6-4(7,5(8,9)10)3-11-1-2-12-13-3/h1H. The van der Waals surface area contributed by atoms with Crippen molar-refractivity contribution < 1.29 is 22.0 Å². The summed E-state index contributed by atoms with van der Waals surface area (Å²) in [6.07, 6.45) is -3.24. The Morgan fingerprint density at radius 2 is 1.77 bits per heavy atom. The molecule has 8 heteroatoms. The lowest BCUT2D eigenvalue weighted by molar-refractivity contribution is -0.292. The van der Waals surface area contributed by atoms with Gasteiger partial charge in [0.05, 0.1) is 6.20 Å². The van der Waals surface area contributed by atoms with Crippen LogP contribution >= 0.6 is 0 Å². The van der Waals surface area contributed by atoms with E-state index in [1.165, 1.54) is 0 Å². The van der Waals surface area contributed by atoms with Gasteiger partial charge in [-0.25, -0.2) is 4.98 Å². The Morgan fingerprint density at radius 3 is 2.15 bits per heavy atom. The van der Waals surface area contributed by atoms with Gasteiger partial charge in [-0.2, -0.15) is 22.0 Å². The normalized spacial score (nSPS) is 13.0. The third-order valence-corrected chi connectivity index (χ3v) is 1.08. The van der Waals surface area contributed by atoms with Gasteiger partial charge in [-0.3, -0.25) is 0 Å². The lowest BCUT2D eigenvalue weighted by Gasteiger charge is -2.16. The molecule has 0 unspecified atom stereocenters. The molecule has 1 heterocycles. The summed E-state index contributed by atoms with van der Waals surface area (Å²) < 4.78 is 59.7. The molecule has 0 amide bonds. The van der Waals surface area contributed by atoms with Crippen LogP contribution in [0.15, 0.2) is 6.20 Å². The van der Waals surface area contributed by atoms with E-state index in [0.717, 1.165) is 0 Å². The van der Waals surface area contributed by atoms with Crippen LogP contribution in [0.5, 0.6) is 0 Å². The molecule has 1 radical (unpaired) electrons. The zero-order chi connectivity index (χ0) is 10.1. The summed E-state index contributed by atoms with van der Waals surface area (Å²) in [5.74, 6) is -6.76. The van der Waals surface area contributed by atoms with E-state index in [-0.39, 0.29) is 0 Å². The van der Waals surface area contributed by atoms with E-state index < -0.39 is 17.9 Å². The Bertz CT molecular complexity index is 282. The molecule has 0 N–H and O–H groups in total. The van der Waals surface area contributed by atoms with Crippen LogP contribution < -0.4 is 0 Å². The molecular formula is C5HF5N3. The molecule has 1 aromatic heterocycles. The maximum absolute atomic E-state index is 12.4. The molecule has 0 aliphatic rings. The molecule has 0 saturated heterocycles. The van der Waals surface area contributed by atoms with E-state index in [2.05, 4.69) is 15.2 Å². The first-order chi connectivity index (χ1) is 5.86. The van der Waals surface area contributed by atoms with Gasteiger partial charge >= 0.3 is 12.1 Å². The van der Waals surface area contributed by atoms with Gasteiger partial charge in [0.25, 0.3) is 0 Å². The van der Waals surface area contributed by atoms with Crippen molar-refractivity contribution in [1.29, 1.82) is 0 Å². The molecular weight excluding hydrogens is 197 g/mol. The van der Waals surface area contributed by atoms with Crippen LogP contribution in [0.25, 0.3) is 0 Å². The Kier molecular flexibility index (Phi) is 2.14. The highest BCUT2D eigenvalue weighted by Crippen LogP contribution is 2.41. The van der Waals surface area contributed by atoms with E-state index in [9.17, 15) is 22.0 Å². The molecule has 3 nitrogen and oxygen atoms in total. The minimum absolute atomic E-state index is 0.585. The largest absolute Gasteiger partial charge is 0.461 e. The van der Waals surface area contributed by atoms with Crippen molar-refractivity contribution in [2.45, 2.75) is 12.1 Å². The van der Waals surface area contributed by atoms with E-state index in [1.807, 2.05) is 6.20 Å². The molecule has 0 bridgehead atoms. The number of alkyl halides is 5. The van der Waals surface area contributed by atoms with Gasteiger partial charge in [-0.05, 0) is 0 Å². The number of halogens is 5. The maximum Gasteiger partial charge on any atom is 0.461 e. The Hall–Kier alpha value is -1.34. The predicted octanol–water partition coefficient (Wildman–Crippen LogP) is 1.33. The highest BCUT2D eigenvalue weighted by atomic mass is 19.4. The quantitative estimate of drug-likeness (QED) is 0.639. The summed E-state index contributed by atoms with van der Waals surface area (Å²) in [5, 5.41) is 5.28. The fraction of sp³-hybridized carbons (Fsp3) is 0.400. The second kappa shape index (κ2) is 2.86. The van der Waals surface area contributed by atoms with E-state index in [1.54, 1.807) is 0 Å². The summed E-state index contributed by atoms with van der Waals surface area (Å²) >= 11 is 0. The highest BCUT2D eigenvalue weighted by molar-refractivity contribution is 4.97. The molecule has 0 fully saturated rings. The molecule has 1 rings (SSSR count). The average molecular weight is 198 g/mol. The van der Waals surface area contributed by atoms with Crippen molar-refractivity contribution in [3.63, 3.8) is 0 Å². The molecule has 0 spiro atoms. The smallest absolute Gasteiger partial charge is 0.231 e. The third-order valence-electron chi connectivity index (χ3n) is 1.08. The minimum atomic E-state index is -5.71. The maximum atomic E-state index is 12.4. The van der Waals surface area contributed by atoms with E-state index in [4.69, 9.17) is 0 Å². The van der Waals surface area contributed by atoms with E-state index >= 15 is 0 Å². The number of hydrogen-bond donors (Lipinski definition) is 0. The second-order valence-corrected chi connectivity index (χ2v) is 1.98. The summed E-state index contributed by atoms with van der Waals surface area (Å²) in [5.41, 5.74) is 0. The Balaban J connectivity index is 3.08. The van der Waals surface area contributed by atoms with Crippen molar-refractivity contribution in [1.82, 2.24) is 15.2 Å². The molecule has 0 aliphatic heterocycles. The first-order valence-electron chi connectivity index (χ1n) is 2.86. The van der Waals surface area contributed by atoms with E-state index in [0.29, 0.717) is 6.20 Å². The molecule has 1 aromatic rings. The minimum Gasteiger partial charge on any atom is -0.231 e. The zero-order valence-electron chi connectivity index (χ0n) is 5.81. The Morgan fingerprint density at radius 1 is 1.15 bits per heavy atom. The Labute approximate surface area is 68.6 Å². The van der Waals surface area contributed by atoms with Crippen LogP contribution in [0.4, 0.5) is 22.0 Å². The van der Waals surface area contributed by atoms with Gasteiger partial charge in [-0.15, -0.1) is 10.2 Å².